The molecule has 0 unspecified atom stereocenters. The van der Waals surface area contributed by atoms with E-state index in [0.29, 0.717) is 22.8 Å². The van der Waals surface area contributed by atoms with Crippen LogP contribution in [0.5, 0.6) is 5.75 Å². The SMILES string of the molecule is Oc1cc(-n2ccnn2)ccc1-c1cc2ccn([C@H]3CCNC4(CC4)C3)c2nn1. The fraction of sp³-hybridized carbons (Fsp3) is 0.333. The van der Waals surface area contributed by atoms with Crippen LogP contribution in [0.1, 0.15) is 31.7 Å². The molecule has 29 heavy (non-hydrogen) atoms. The molecule has 0 amide bonds. The van der Waals surface area contributed by atoms with Crippen LogP contribution in [0.15, 0.2) is 48.9 Å². The Balaban J connectivity index is 1.34. The van der Waals surface area contributed by atoms with Gasteiger partial charge in [0, 0.05) is 34.8 Å². The van der Waals surface area contributed by atoms with Crippen LogP contribution in [0.3, 0.4) is 0 Å². The van der Waals surface area contributed by atoms with Gasteiger partial charge in [0.25, 0.3) is 0 Å². The first-order valence-electron chi connectivity index (χ1n) is 10.0. The van der Waals surface area contributed by atoms with Gasteiger partial charge in [0.15, 0.2) is 5.65 Å². The Bertz CT molecular complexity index is 1190. The predicted octanol–water partition coefficient (Wildman–Crippen LogP) is 2.84. The Morgan fingerprint density at radius 2 is 2.03 bits per heavy atom. The topological polar surface area (TPSA) is 93.7 Å². The molecule has 4 aromatic rings. The highest BCUT2D eigenvalue weighted by atomic mass is 16.3. The maximum atomic E-state index is 10.5. The van der Waals surface area contributed by atoms with Crippen molar-refractivity contribution in [1.29, 1.82) is 0 Å². The predicted molar refractivity (Wildman–Crippen MR) is 108 cm³/mol. The molecule has 6 rings (SSSR count). The lowest BCUT2D eigenvalue weighted by molar-refractivity contribution is 0.290. The van der Waals surface area contributed by atoms with Gasteiger partial charge < -0.3 is 15.0 Å². The van der Waals surface area contributed by atoms with Gasteiger partial charge in [-0.25, -0.2) is 4.68 Å². The van der Waals surface area contributed by atoms with Gasteiger partial charge in [0.05, 0.1) is 23.8 Å². The lowest BCUT2D eigenvalue weighted by atomic mass is 9.97. The summed E-state index contributed by atoms with van der Waals surface area (Å²) < 4.78 is 3.88. The number of aromatic nitrogens is 6. The quantitative estimate of drug-likeness (QED) is 0.561. The van der Waals surface area contributed by atoms with E-state index in [-0.39, 0.29) is 5.75 Å². The molecule has 1 aromatic carbocycles. The fourth-order valence-corrected chi connectivity index (χ4v) is 4.50. The van der Waals surface area contributed by atoms with Crippen molar-refractivity contribution in [2.45, 2.75) is 37.3 Å². The average Bonchev–Trinajstić information content (AvgIpc) is 3.15. The van der Waals surface area contributed by atoms with Crippen LogP contribution in [0.25, 0.3) is 28.0 Å². The summed E-state index contributed by atoms with van der Waals surface area (Å²) in [5.74, 6) is 0.139. The summed E-state index contributed by atoms with van der Waals surface area (Å²) in [7, 11) is 0. The van der Waals surface area contributed by atoms with Crippen LogP contribution in [0.2, 0.25) is 0 Å². The number of rotatable bonds is 3. The van der Waals surface area contributed by atoms with Gasteiger partial charge in [0.2, 0.25) is 0 Å². The number of phenols is 1. The molecule has 0 bridgehead atoms. The minimum atomic E-state index is 0.139. The van der Waals surface area contributed by atoms with Crippen LogP contribution in [-0.4, -0.2) is 46.9 Å². The highest BCUT2D eigenvalue weighted by molar-refractivity contribution is 5.81. The smallest absolute Gasteiger partial charge is 0.162 e. The highest BCUT2D eigenvalue weighted by Crippen LogP contribution is 2.46. The van der Waals surface area contributed by atoms with E-state index in [0.717, 1.165) is 36.1 Å². The largest absolute Gasteiger partial charge is 0.507 e. The van der Waals surface area contributed by atoms with Crippen LogP contribution >= 0.6 is 0 Å². The second kappa shape index (κ2) is 6.12. The summed E-state index contributed by atoms with van der Waals surface area (Å²) in [6, 6.07) is 9.93. The van der Waals surface area contributed by atoms with E-state index < -0.39 is 0 Å². The molecule has 2 N–H and O–H groups in total. The fourth-order valence-electron chi connectivity index (χ4n) is 4.50. The molecule has 3 aromatic heterocycles. The van der Waals surface area contributed by atoms with E-state index in [4.69, 9.17) is 0 Å². The molecule has 1 aliphatic heterocycles. The minimum absolute atomic E-state index is 0.139. The summed E-state index contributed by atoms with van der Waals surface area (Å²) in [5, 5.41) is 32.0. The molecule has 4 heterocycles. The number of hydrogen-bond donors (Lipinski definition) is 2. The summed E-state index contributed by atoms with van der Waals surface area (Å²) in [6.45, 7) is 1.06. The number of nitrogens with zero attached hydrogens (tertiary/aromatic N) is 6. The Hall–Kier alpha value is -3.26. The first kappa shape index (κ1) is 16.7. The highest BCUT2D eigenvalue weighted by Gasteiger charge is 2.46. The van der Waals surface area contributed by atoms with Crippen LogP contribution < -0.4 is 5.32 Å². The maximum absolute atomic E-state index is 10.5. The Morgan fingerprint density at radius 1 is 1.10 bits per heavy atom. The minimum Gasteiger partial charge on any atom is -0.507 e. The molecule has 1 saturated heterocycles. The van der Waals surface area contributed by atoms with Crippen molar-refractivity contribution in [1.82, 2.24) is 35.1 Å². The third kappa shape index (κ3) is 2.79. The van der Waals surface area contributed by atoms with E-state index in [1.165, 1.54) is 12.8 Å². The molecule has 1 spiro atoms. The summed E-state index contributed by atoms with van der Waals surface area (Å²) in [6.07, 6.45) is 10.3. The summed E-state index contributed by atoms with van der Waals surface area (Å²) >= 11 is 0. The van der Waals surface area contributed by atoms with Crippen molar-refractivity contribution in [2.24, 2.45) is 0 Å². The van der Waals surface area contributed by atoms with Crippen LogP contribution in [0, 0.1) is 0 Å². The average molecular weight is 387 g/mol. The molecule has 8 nitrogen and oxygen atoms in total. The van der Waals surface area contributed by atoms with E-state index in [9.17, 15) is 5.11 Å². The van der Waals surface area contributed by atoms with E-state index in [2.05, 4.69) is 42.7 Å². The molecule has 2 aliphatic rings. The van der Waals surface area contributed by atoms with Crippen molar-refractivity contribution < 1.29 is 5.11 Å². The third-order valence-electron chi connectivity index (χ3n) is 6.26. The van der Waals surface area contributed by atoms with Crippen LogP contribution in [-0.2, 0) is 0 Å². The monoisotopic (exact) mass is 387 g/mol. The number of piperidine rings is 1. The number of aromatic hydroxyl groups is 1. The van der Waals surface area contributed by atoms with Gasteiger partial charge in [-0.3, -0.25) is 0 Å². The second-order valence-corrected chi connectivity index (χ2v) is 8.13. The van der Waals surface area contributed by atoms with Crippen LogP contribution in [0.4, 0.5) is 0 Å². The maximum Gasteiger partial charge on any atom is 0.162 e. The van der Waals surface area contributed by atoms with Crippen molar-refractivity contribution in [3.05, 3.63) is 48.9 Å². The molecule has 8 heteroatoms. The zero-order chi connectivity index (χ0) is 19.4. The number of nitrogens with one attached hydrogen (secondary N) is 1. The summed E-state index contributed by atoms with van der Waals surface area (Å²) in [5.41, 5.74) is 3.32. The molecule has 1 atom stereocenters. The normalized spacial score (nSPS) is 20.3. The van der Waals surface area contributed by atoms with Crippen molar-refractivity contribution in [3.63, 3.8) is 0 Å². The molecule has 2 fully saturated rings. The summed E-state index contributed by atoms with van der Waals surface area (Å²) in [4.78, 5) is 0. The number of hydrogen-bond acceptors (Lipinski definition) is 6. The molecular formula is C21H21N7O. The van der Waals surface area contributed by atoms with Crippen molar-refractivity contribution in [3.8, 4) is 22.7 Å². The first-order valence-corrected chi connectivity index (χ1v) is 10.0. The standard InChI is InChI=1S/C21H21N7O/c29-19-12-15(28-10-8-23-26-28)1-2-17(19)18-11-14-4-9-27(20(14)25-24-18)16-3-7-22-21(13-16)5-6-21/h1-2,4,8-12,16,22,29H,3,5-7,13H2/t16-/m0/s1. The van der Waals surface area contributed by atoms with Gasteiger partial charge in [-0.1, -0.05) is 5.21 Å². The lowest BCUT2D eigenvalue weighted by Crippen LogP contribution is -2.40. The molecule has 1 aliphatic carbocycles. The Kier molecular flexibility index (Phi) is 3.52. The first-order chi connectivity index (χ1) is 14.2. The molecule has 0 radical (unpaired) electrons. The second-order valence-electron chi connectivity index (χ2n) is 8.13. The van der Waals surface area contributed by atoms with Crippen molar-refractivity contribution >= 4 is 11.0 Å². The number of benzene rings is 1. The van der Waals surface area contributed by atoms with Gasteiger partial charge in [-0.15, -0.1) is 15.3 Å². The number of phenolic OH excluding ortho intramolecular Hbond substituents is 1. The molecule has 146 valence electrons. The van der Waals surface area contributed by atoms with Gasteiger partial charge in [-0.05, 0) is 56.5 Å². The molecule has 1 saturated carbocycles. The molecular weight excluding hydrogens is 366 g/mol. The van der Waals surface area contributed by atoms with E-state index >= 15 is 0 Å². The van der Waals surface area contributed by atoms with Gasteiger partial charge >= 0.3 is 0 Å². The third-order valence-corrected chi connectivity index (χ3v) is 6.26. The van der Waals surface area contributed by atoms with E-state index in [1.807, 2.05) is 18.2 Å². The zero-order valence-corrected chi connectivity index (χ0v) is 15.9. The number of fused-ring (bicyclic) bond motifs is 1. The van der Waals surface area contributed by atoms with Gasteiger partial charge in [0.1, 0.15) is 5.75 Å². The Morgan fingerprint density at radius 3 is 2.83 bits per heavy atom. The van der Waals surface area contributed by atoms with E-state index in [1.54, 1.807) is 23.1 Å². The Labute approximate surface area is 167 Å². The zero-order valence-electron chi connectivity index (χ0n) is 15.9. The van der Waals surface area contributed by atoms with Crippen molar-refractivity contribution in [2.75, 3.05) is 6.54 Å². The lowest BCUT2D eigenvalue weighted by Gasteiger charge is -2.31. The van der Waals surface area contributed by atoms with Gasteiger partial charge in [-0.2, -0.15) is 0 Å².